The van der Waals surface area contributed by atoms with Crippen molar-refractivity contribution < 1.29 is 0 Å². The molecule has 4 aromatic carbocycles. The van der Waals surface area contributed by atoms with Crippen molar-refractivity contribution in [3.8, 4) is 40.0 Å². The van der Waals surface area contributed by atoms with Gasteiger partial charge in [-0.05, 0) is 108 Å². The smallest absolute Gasteiger partial charge is 0.160 e. The zero-order chi connectivity index (χ0) is 26.7. The fourth-order valence-corrected chi connectivity index (χ4v) is 8.46. The molecule has 0 aliphatic heterocycles. The Kier molecular flexibility index (Phi) is 5.39. The van der Waals surface area contributed by atoms with Gasteiger partial charge in [0.25, 0.3) is 0 Å². The Morgan fingerprint density at radius 1 is 0.650 bits per heavy atom. The molecule has 4 aliphatic carbocycles. The standard InChI is InChI=1S/C37H31N3/c38-23-24-8-10-30(11-9-24)36-39-34(19-35(40-36)33-7-3-5-28-4-1-2-6-32(28)33)29-12-14-31(15-13-29)37-20-25-16-26(21-37)18-27(17-25)22-37/h1-15,19,25-27H,16-18,20-22H2/t25-,26+,27?,37?. The molecule has 3 nitrogen and oxygen atoms in total. The van der Waals surface area contributed by atoms with Crippen LogP contribution in [0.4, 0.5) is 0 Å². The predicted molar refractivity (Wildman–Crippen MR) is 160 cm³/mol. The lowest BCUT2D eigenvalue weighted by Crippen LogP contribution is -2.48. The van der Waals surface area contributed by atoms with Gasteiger partial charge >= 0.3 is 0 Å². The van der Waals surface area contributed by atoms with Crippen LogP contribution in [0.25, 0.3) is 44.7 Å². The van der Waals surface area contributed by atoms with Gasteiger partial charge in [-0.25, -0.2) is 9.97 Å². The molecule has 40 heavy (non-hydrogen) atoms. The Hall–Kier alpha value is -4.29. The van der Waals surface area contributed by atoms with Crippen LogP contribution in [0.3, 0.4) is 0 Å². The quantitative estimate of drug-likeness (QED) is 0.239. The second-order valence-electron chi connectivity index (χ2n) is 12.5. The summed E-state index contributed by atoms with van der Waals surface area (Å²) in [6.45, 7) is 0. The lowest BCUT2D eigenvalue weighted by molar-refractivity contribution is -0.00518. The maximum Gasteiger partial charge on any atom is 0.160 e. The molecule has 9 rings (SSSR count). The number of hydrogen-bond acceptors (Lipinski definition) is 3. The van der Waals surface area contributed by atoms with Crippen molar-refractivity contribution in [2.75, 3.05) is 0 Å². The maximum atomic E-state index is 9.29. The Bertz CT molecular complexity index is 1740. The van der Waals surface area contributed by atoms with E-state index in [4.69, 9.17) is 9.97 Å². The zero-order valence-corrected chi connectivity index (χ0v) is 22.6. The van der Waals surface area contributed by atoms with Gasteiger partial charge in [-0.1, -0.05) is 66.7 Å². The van der Waals surface area contributed by atoms with Gasteiger partial charge < -0.3 is 0 Å². The van der Waals surface area contributed by atoms with Crippen molar-refractivity contribution in [1.82, 2.24) is 9.97 Å². The number of nitrogens with zero attached hydrogens (tertiary/aromatic N) is 3. The molecule has 0 N–H and O–H groups in total. The van der Waals surface area contributed by atoms with E-state index < -0.39 is 0 Å². The molecule has 5 aromatic rings. The van der Waals surface area contributed by atoms with Gasteiger partial charge in [0, 0.05) is 16.7 Å². The normalized spacial score (nSPS) is 24.7. The van der Waals surface area contributed by atoms with Gasteiger partial charge in [0.2, 0.25) is 0 Å². The minimum absolute atomic E-state index is 0.390. The summed E-state index contributed by atoms with van der Waals surface area (Å²) in [5.41, 5.74) is 7.52. The highest BCUT2D eigenvalue weighted by Gasteiger charge is 2.51. The molecule has 4 aliphatic rings. The zero-order valence-electron chi connectivity index (χ0n) is 22.6. The van der Waals surface area contributed by atoms with Crippen molar-refractivity contribution >= 4 is 10.8 Å². The number of fused-ring (bicyclic) bond motifs is 1. The largest absolute Gasteiger partial charge is 0.228 e. The monoisotopic (exact) mass is 517 g/mol. The molecule has 4 saturated carbocycles. The first kappa shape index (κ1) is 23.6. The van der Waals surface area contributed by atoms with Crippen LogP contribution in [-0.2, 0) is 5.41 Å². The second-order valence-corrected chi connectivity index (χ2v) is 12.5. The van der Waals surface area contributed by atoms with Gasteiger partial charge in [0.15, 0.2) is 5.82 Å². The summed E-state index contributed by atoms with van der Waals surface area (Å²) in [6, 6.07) is 36.1. The third kappa shape index (κ3) is 3.94. The average Bonchev–Trinajstić information content (AvgIpc) is 3.00. The van der Waals surface area contributed by atoms with E-state index >= 15 is 0 Å². The Labute approximate surface area is 235 Å². The van der Waals surface area contributed by atoms with Gasteiger partial charge in [-0.15, -0.1) is 0 Å². The first-order valence-corrected chi connectivity index (χ1v) is 14.6. The van der Waals surface area contributed by atoms with E-state index in [1.54, 1.807) is 0 Å². The SMILES string of the molecule is N#Cc1ccc(-c2nc(-c3ccc(C45CC6C[C@H](C4)C[C@@H](C6)C5)cc3)cc(-c3cccc4ccccc34)n2)cc1. The predicted octanol–water partition coefficient (Wildman–Crippen LogP) is 8.97. The molecule has 4 fully saturated rings. The average molecular weight is 518 g/mol. The number of aromatic nitrogens is 2. The lowest BCUT2D eigenvalue weighted by Gasteiger charge is -2.57. The highest BCUT2D eigenvalue weighted by molar-refractivity contribution is 5.96. The van der Waals surface area contributed by atoms with E-state index in [1.807, 2.05) is 24.3 Å². The van der Waals surface area contributed by atoms with Crippen LogP contribution in [0.15, 0.2) is 97.1 Å². The number of nitriles is 1. The molecular formula is C37H31N3. The highest BCUT2D eigenvalue weighted by atomic mass is 14.9. The van der Waals surface area contributed by atoms with Gasteiger partial charge in [-0.3, -0.25) is 0 Å². The fraction of sp³-hybridized carbons (Fsp3) is 0.270. The third-order valence-corrected chi connectivity index (χ3v) is 9.90. The van der Waals surface area contributed by atoms with Crippen LogP contribution >= 0.6 is 0 Å². The first-order chi connectivity index (χ1) is 19.7. The molecule has 0 unspecified atom stereocenters. The summed E-state index contributed by atoms with van der Waals surface area (Å²) in [5, 5.41) is 11.7. The van der Waals surface area contributed by atoms with E-state index in [9.17, 15) is 5.26 Å². The van der Waals surface area contributed by atoms with Crippen LogP contribution in [0.5, 0.6) is 0 Å². The third-order valence-electron chi connectivity index (χ3n) is 9.90. The van der Waals surface area contributed by atoms with Crippen LogP contribution in [-0.4, -0.2) is 9.97 Å². The number of benzene rings is 4. The number of hydrogen-bond donors (Lipinski definition) is 0. The summed E-state index contributed by atoms with van der Waals surface area (Å²) in [6.07, 6.45) is 8.52. The Morgan fingerprint density at radius 2 is 1.27 bits per heavy atom. The van der Waals surface area contributed by atoms with E-state index in [-0.39, 0.29) is 0 Å². The van der Waals surface area contributed by atoms with Crippen LogP contribution in [0.2, 0.25) is 0 Å². The molecule has 3 heteroatoms. The van der Waals surface area contributed by atoms with Gasteiger partial charge in [0.05, 0.1) is 23.0 Å². The van der Waals surface area contributed by atoms with Crippen molar-refractivity contribution in [3.63, 3.8) is 0 Å². The molecule has 0 saturated heterocycles. The van der Waals surface area contributed by atoms with Gasteiger partial charge in [-0.2, -0.15) is 5.26 Å². The van der Waals surface area contributed by atoms with E-state index in [0.29, 0.717) is 16.8 Å². The van der Waals surface area contributed by atoms with Crippen molar-refractivity contribution in [3.05, 3.63) is 108 Å². The summed E-state index contributed by atoms with van der Waals surface area (Å²) < 4.78 is 0. The van der Waals surface area contributed by atoms with Crippen molar-refractivity contribution in [2.45, 2.75) is 43.9 Å². The highest BCUT2D eigenvalue weighted by Crippen LogP contribution is 2.60. The topological polar surface area (TPSA) is 49.6 Å². The van der Waals surface area contributed by atoms with E-state index in [0.717, 1.165) is 45.8 Å². The second kappa shape index (κ2) is 9.14. The molecule has 194 valence electrons. The van der Waals surface area contributed by atoms with E-state index in [2.05, 4.69) is 78.9 Å². The molecule has 0 amide bonds. The summed E-state index contributed by atoms with van der Waals surface area (Å²) in [4.78, 5) is 10.1. The summed E-state index contributed by atoms with van der Waals surface area (Å²) >= 11 is 0. The molecular weight excluding hydrogens is 486 g/mol. The Balaban J connectivity index is 1.23. The van der Waals surface area contributed by atoms with Crippen LogP contribution in [0, 0.1) is 29.1 Å². The molecule has 0 spiro atoms. The summed E-state index contributed by atoms with van der Waals surface area (Å²) in [7, 11) is 0. The van der Waals surface area contributed by atoms with E-state index in [1.165, 1.54) is 54.9 Å². The summed E-state index contributed by atoms with van der Waals surface area (Å²) in [5.74, 6) is 3.48. The molecule has 0 atom stereocenters. The Morgan fingerprint density at radius 3 is 1.98 bits per heavy atom. The minimum atomic E-state index is 0.390. The molecule has 1 aromatic heterocycles. The van der Waals surface area contributed by atoms with Crippen molar-refractivity contribution in [2.24, 2.45) is 17.8 Å². The van der Waals surface area contributed by atoms with Crippen LogP contribution < -0.4 is 0 Å². The molecule has 4 bridgehead atoms. The maximum absolute atomic E-state index is 9.29. The van der Waals surface area contributed by atoms with Crippen molar-refractivity contribution in [1.29, 1.82) is 5.26 Å². The molecule has 1 heterocycles. The van der Waals surface area contributed by atoms with Crippen LogP contribution in [0.1, 0.15) is 49.7 Å². The van der Waals surface area contributed by atoms with Gasteiger partial charge in [0.1, 0.15) is 0 Å². The number of rotatable bonds is 4. The molecule has 0 radical (unpaired) electrons. The fourth-order valence-electron chi connectivity index (χ4n) is 8.46. The minimum Gasteiger partial charge on any atom is -0.228 e. The lowest BCUT2D eigenvalue weighted by atomic mass is 9.48. The first-order valence-electron chi connectivity index (χ1n) is 14.6.